The lowest BCUT2D eigenvalue weighted by molar-refractivity contribution is 0.0716. The Balaban J connectivity index is 1.72. The van der Waals surface area contributed by atoms with Gasteiger partial charge in [-0.15, -0.1) is 0 Å². The molecule has 2 aromatic carbocycles. The van der Waals surface area contributed by atoms with Gasteiger partial charge in [-0.25, -0.2) is 0 Å². The van der Waals surface area contributed by atoms with Gasteiger partial charge in [0, 0.05) is 11.1 Å². The molecule has 0 saturated carbocycles. The van der Waals surface area contributed by atoms with Gasteiger partial charge in [0.2, 0.25) is 0 Å². The molecule has 162 valence electrons. The molecule has 0 radical (unpaired) electrons. The van der Waals surface area contributed by atoms with Gasteiger partial charge in [0.1, 0.15) is 22.9 Å². The Kier molecular flexibility index (Phi) is 4.90. The zero-order valence-corrected chi connectivity index (χ0v) is 18.5. The van der Waals surface area contributed by atoms with Crippen molar-refractivity contribution < 1.29 is 24.2 Å². The summed E-state index contributed by atoms with van der Waals surface area (Å²) in [7, 11) is 1.46. The molecule has 3 N–H and O–H groups in total. The molecule has 1 atom stereocenters. The molecule has 2 aromatic heterocycles. The number of benzene rings is 2. The lowest BCUT2D eigenvalue weighted by Crippen LogP contribution is -2.29. The highest BCUT2D eigenvalue weighted by Gasteiger charge is 2.43. The minimum atomic E-state index is -0.568. The summed E-state index contributed by atoms with van der Waals surface area (Å²) in [5.41, 5.74) is 2.64. The Labute approximate surface area is 191 Å². The summed E-state index contributed by atoms with van der Waals surface area (Å²) in [6.07, 6.45) is 1.55. The van der Waals surface area contributed by atoms with E-state index in [9.17, 15) is 15.0 Å². The lowest BCUT2D eigenvalue weighted by atomic mass is 9.95. The molecule has 0 spiro atoms. The number of methoxy groups -OCH3 is 1. The molecule has 5 rings (SSSR count). The average molecular weight is 496 g/mol. The van der Waals surface area contributed by atoms with Crippen LogP contribution in [0.3, 0.4) is 0 Å². The van der Waals surface area contributed by atoms with E-state index < -0.39 is 6.04 Å². The van der Waals surface area contributed by atoms with Gasteiger partial charge in [0.25, 0.3) is 5.91 Å². The number of aromatic amines is 1. The van der Waals surface area contributed by atoms with Gasteiger partial charge in [0.15, 0.2) is 11.5 Å². The van der Waals surface area contributed by atoms with Crippen molar-refractivity contribution in [3.63, 3.8) is 0 Å². The van der Waals surface area contributed by atoms with Crippen molar-refractivity contribution >= 4 is 21.8 Å². The maximum Gasteiger partial charge on any atom is 0.273 e. The van der Waals surface area contributed by atoms with E-state index in [0.717, 1.165) is 0 Å². The first-order valence-corrected chi connectivity index (χ1v) is 10.5. The molecule has 0 aliphatic carbocycles. The van der Waals surface area contributed by atoms with Gasteiger partial charge in [-0.05, 0) is 57.9 Å². The van der Waals surface area contributed by atoms with Crippen LogP contribution in [0.15, 0.2) is 63.7 Å². The Morgan fingerprint density at radius 1 is 1.22 bits per heavy atom. The van der Waals surface area contributed by atoms with Gasteiger partial charge in [-0.3, -0.25) is 9.89 Å². The molecule has 32 heavy (non-hydrogen) atoms. The number of amides is 1. The van der Waals surface area contributed by atoms with Gasteiger partial charge in [-0.1, -0.05) is 12.1 Å². The number of carbonyl (C=O) groups is 1. The first kappa shape index (κ1) is 20.2. The Morgan fingerprint density at radius 3 is 2.75 bits per heavy atom. The molecule has 4 aromatic rings. The first-order chi connectivity index (χ1) is 15.5. The number of hydrogen-bond donors (Lipinski definition) is 3. The predicted molar refractivity (Wildman–Crippen MR) is 118 cm³/mol. The van der Waals surface area contributed by atoms with Crippen molar-refractivity contribution in [2.75, 3.05) is 7.11 Å². The van der Waals surface area contributed by atoms with Crippen LogP contribution in [-0.4, -0.2) is 38.3 Å². The number of furan rings is 1. The molecular weight excluding hydrogens is 478 g/mol. The highest BCUT2D eigenvalue weighted by atomic mass is 79.9. The number of nitrogens with zero attached hydrogens (tertiary/aromatic N) is 2. The second-order valence-corrected chi connectivity index (χ2v) is 8.20. The highest BCUT2D eigenvalue weighted by Crippen LogP contribution is 2.47. The summed E-state index contributed by atoms with van der Waals surface area (Å²) in [6, 6.07) is 13.3. The Bertz CT molecular complexity index is 1320. The number of para-hydroxylation sites is 1. The largest absolute Gasteiger partial charge is 0.507 e. The van der Waals surface area contributed by atoms with Crippen LogP contribution in [-0.2, 0) is 6.54 Å². The van der Waals surface area contributed by atoms with Gasteiger partial charge in [-0.2, -0.15) is 5.10 Å². The SMILES string of the molecule is COc1cc([C@@H]2c3c(-c4ccccc4O)n[nH]c3C(=O)N2Cc2ccco2)cc(Br)c1O. The molecule has 1 aliphatic rings. The van der Waals surface area contributed by atoms with Crippen LogP contribution in [0.25, 0.3) is 11.3 Å². The maximum atomic E-state index is 13.4. The van der Waals surface area contributed by atoms with Crippen LogP contribution in [0.5, 0.6) is 17.2 Å². The molecule has 0 fully saturated rings. The van der Waals surface area contributed by atoms with Crippen molar-refractivity contribution in [3.05, 3.63) is 81.8 Å². The third-order valence-corrected chi connectivity index (χ3v) is 6.12. The number of H-pyrrole nitrogens is 1. The topological polar surface area (TPSA) is 112 Å². The van der Waals surface area contributed by atoms with Gasteiger partial charge < -0.3 is 24.3 Å². The van der Waals surface area contributed by atoms with Crippen molar-refractivity contribution in [2.45, 2.75) is 12.6 Å². The number of phenols is 2. The molecule has 0 saturated heterocycles. The quantitative estimate of drug-likeness (QED) is 0.373. The minimum Gasteiger partial charge on any atom is -0.507 e. The van der Waals surface area contributed by atoms with E-state index in [1.54, 1.807) is 59.7 Å². The fourth-order valence-corrected chi connectivity index (χ4v) is 4.52. The fraction of sp³-hybridized carbons (Fsp3) is 0.130. The Hall–Kier alpha value is -3.72. The van der Waals surface area contributed by atoms with Crippen LogP contribution in [0, 0.1) is 0 Å². The van der Waals surface area contributed by atoms with E-state index in [2.05, 4.69) is 26.1 Å². The monoisotopic (exact) mass is 495 g/mol. The Morgan fingerprint density at radius 2 is 2.03 bits per heavy atom. The van der Waals surface area contributed by atoms with E-state index in [1.807, 2.05) is 0 Å². The summed E-state index contributed by atoms with van der Waals surface area (Å²) in [6.45, 7) is 0.222. The fourth-order valence-electron chi connectivity index (χ4n) is 4.06. The van der Waals surface area contributed by atoms with E-state index in [1.165, 1.54) is 7.11 Å². The highest BCUT2D eigenvalue weighted by molar-refractivity contribution is 9.10. The van der Waals surface area contributed by atoms with E-state index in [-0.39, 0.29) is 29.7 Å². The predicted octanol–water partition coefficient (Wildman–Crippen LogP) is 4.60. The molecule has 1 amide bonds. The van der Waals surface area contributed by atoms with Crippen LogP contribution in [0.4, 0.5) is 0 Å². The summed E-state index contributed by atoms with van der Waals surface area (Å²) < 4.78 is 11.3. The van der Waals surface area contributed by atoms with Gasteiger partial charge >= 0.3 is 0 Å². The first-order valence-electron chi connectivity index (χ1n) is 9.76. The number of rotatable bonds is 5. The van der Waals surface area contributed by atoms with E-state index in [4.69, 9.17) is 9.15 Å². The molecule has 0 unspecified atom stereocenters. The van der Waals surface area contributed by atoms with Crippen LogP contribution in [0.2, 0.25) is 0 Å². The summed E-state index contributed by atoms with van der Waals surface area (Å²) >= 11 is 3.37. The number of aromatic hydroxyl groups is 2. The number of aromatic nitrogens is 2. The van der Waals surface area contributed by atoms with Crippen molar-refractivity contribution in [1.82, 2.24) is 15.1 Å². The summed E-state index contributed by atoms with van der Waals surface area (Å²) in [5.74, 6) is 0.656. The average Bonchev–Trinajstić information content (AvgIpc) is 3.50. The molecule has 3 heterocycles. The zero-order valence-electron chi connectivity index (χ0n) is 16.9. The number of halogens is 1. The molecule has 0 bridgehead atoms. The number of hydrogen-bond acceptors (Lipinski definition) is 6. The maximum absolute atomic E-state index is 13.4. The molecule has 9 heteroatoms. The molecule has 8 nitrogen and oxygen atoms in total. The lowest BCUT2D eigenvalue weighted by Gasteiger charge is -2.26. The van der Waals surface area contributed by atoms with Crippen LogP contribution < -0.4 is 4.74 Å². The minimum absolute atomic E-state index is 0.0356. The third kappa shape index (κ3) is 3.13. The van der Waals surface area contributed by atoms with E-state index in [0.29, 0.717) is 38.3 Å². The third-order valence-electron chi connectivity index (χ3n) is 5.52. The number of fused-ring (bicyclic) bond motifs is 1. The number of ether oxygens (including phenoxy) is 1. The van der Waals surface area contributed by atoms with Crippen LogP contribution >= 0.6 is 15.9 Å². The van der Waals surface area contributed by atoms with E-state index >= 15 is 0 Å². The smallest absolute Gasteiger partial charge is 0.273 e. The van der Waals surface area contributed by atoms with Crippen LogP contribution in [0.1, 0.15) is 33.4 Å². The second-order valence-electron chi connectivity index (χ2n) is 7.35. The van der Waals surface area contributed by atoms with Crippen molar-refractivity contribution in [1.29, 1.82) is 0 Å². The van der Waals surface area contributed by atoms with Crippen molar-refractivity contribution in [3.8, 4) is 28.5 Å². The standard InChI is InChI=1S/C23H18BrN3O5/c1-31-17-10-12(9-15(24)22(17)29)21-18-19(14-6-2-3-7-16(14)28)25-26-20(18)23(30)27(21)11-13-5-4-8-32-13/h2-10,21,28-29H,11H2,1H3,(H,25,26)/t21-/m1/s1. The number of carbonyl (C=O) groups excluding carboxylic acids is 1. The zero-order chi connectivity index (χ0) is 22.4. The molecular formula is C23H18BrN3O5. The van der Waals surface area contributed by atoms with Crippen molar-refractivity contribution in [2.24, 2.45) is 0 Å². The molecule has 1 aliphatic heterocycles. The number of nitrogens with one attached hydrogen (secondary N) is 1. The van der Waals surface area contributed by atoms with Gasteiger partial charge in [0.05, 0.1) is 30.4 Å². The summed E-state index contributed by atoms with van der Waals surface area (Å²) in [4.78, 5) is 15.1. The normalized spacial score (nSPS) is 15.2. The number of phenolic OH excluding ortho intramolecular Hbond substituents is 2. The summed E-state index contributed by atoms with van der Waals surface area (Å²) in [5, 5.41) is 28.0. The second kappa shape index (κ2) is 7.76.